The van der Waals surface area contributed by atoms with E-state index in [1.165, 1.54) is 16.8 Å². The van der Waals surface area contributed by atoms with E-state index in [1.807, 2.05) is 24.3 Å². The minimum Gasteiger partial charge on any atom is -0.469 e. The van der Waals surface area contributed by atoms with Crippen LogP contribution in [-0.2, 0) is 13.6 Å². The summed E-state index contributed by atoms with van der Waals surface area (Å²) in [4.78, 5) is 27.7. The van der Waals surface area contributed by atoms with Crippen LogP contribution in [0, 0.1) is 0 Å². The summed E-state index contributed by atoms with van der Waals surface area (Å²) < 4.78 is 23.8. The molecule has 0 radical (unpaired) electrons. The number of benzene rings is 4. The Bertz CT molecular complexity index is 2010. The van der Waals surface area contributed by atoms with Crippen LogP contribution in [0.3, 0.4) is 0 Å². The van der Waals surface area contributed by atoms with E-state index in [0.29, 0.717) is 4.48 Å². The van der Waals surface area contributed by atoms with Gasteiger partial charge in [0.05, 0.1) is 11.1 Å². The van der Waals surface area contributed by atoms with Gasteiger partial charge in [-0.05, 0) is 46.8 Å². The molecule has 0 bridgehead atoms. The van der Waals surface area contributed by atoms with Crippen molar-refractivity contribution in [2.24, 2.45) is 0 Å². The maximum absolute atomic E-state index is 13.2. The topological polar surface area (TPSA) is 82.5 Å². The molecule has 2 heterocycles. The lowest BCUT2D eigenvalue weighted by molar-refractivity contribution is 0.0362. The molecule has 264 valence electrons. The largest absolute Gasteiger partial charge is 0.469 e. The summed E-state index contributed by atoms with van der Waals surface area (Å²) in [6, 6.07) is 43.1. The van der Waals surface area contributed by atoms with Crippen LogP contribution >= 0.6 is 15.9 Å². The number of aromatic amines is 1. The van der Waals surface area contributed by atoms with E-state index in [4.69, 9.17) is 13.6 Å². The molecule has 1 aliphatic rings. The summed E-state index contributed by atoms with van der Waals surface area (Å²) >= 11 is 3.87. The minimum atomic E-state index is -3.12. The molecule has 0 saturated heterocycles. The Morgan fingerprint density at radius 1 is 0.667 bits per heavy atom. The van der Waals surface area contributed by atoms with Crippen molar-refractivity contribution >= 4 is 59.2 Å². The molecule has 1 aromatic heterocycles. The van der Waals surface area contributed by atoms with Crippen molar-refractivity contribution in [1.29, 1.82) is 0 Å². The summed E-state index contributed by atoms with van der Waals surface area (Å²) in [5.41, 5.74) is -1.09. The zero-order valence-electron chi connectivity index (χ0n) is 29.9. The lowest BCUT2D eigenvalue weighted by atomic mass is 10.2. The van der Waals surface area contributed by atoms with Crippen LogP contribution in [0.15, 0.2) is 148 Å². The number of aromatic nitrogens is 2. The molecule has 0 amide bonds. The number of H-pyrrole nitrogens is 1. The molecule has 51 heavy (non-hydrogen) atoms. The second-order valence-electron chi connectivity index (χ2n) is 15.0. The molecule has 0 saturated carbocycles. The maximum atomic E-state index is 13.2. The number of nitrogens with one attached hydrogen (secondary N) is 1. The fourth-order valence-electron chi connectivity index (χ4n) is 7.39. The van der Waals surface area contributed by atoms with Gasteiger partial charge in [-0.15, -0.1) is 0 Å². The van der Waals surface area contributed by atoms with E-state index in [-0.39, 0.29) is 22.6 Å². The number of ether oxygens (including phenoxy) is 1. The van der Waals surface area contributed by atoms with Crippen LogP contribution in [0.5, 0.6) is 0 Å². The van der Waals surface area contributed by atoms with Gasteiger partial charge in [0.2, 0.25) is 5.88 Å². The first kappa shape index (κ1) is 36.7. The van der Waals surface area contributed by atoms with Crippen LogP contribution in [0.1, 0.15) is 41.5 Å². The van der Waals surface area contributed by atoms with E-state index in [9.17, 15) is 9.59 Å². The van der Waals surface area contributed by atoms with Gasteiger partial charge in [0.25, 0.3) is 22.2 Å². The molecule has 6 rings (SSSR count). The van der Waals surface area contributed by atoms with Gasteiger partial charge >= 0.3 is 5.69 Å². The zero-order chi connectivity index (χ0) is 36.4. The van der Waals surface area contributed by atoms with Gasteiger partial charge in [0.1, 0.15) is 6.10 Å². The Kier molecular flexibility index (Phi) is 10.4. The van der Waals surface area contributed by atoms with Crippen LogP contribution in [0.25, 0.3) is 5.88 Å². The van der Waals surface area contributed by atoms with E-state index in [2.05, 4.69) is 160 Å². The number of halogens is 1. The van der Waals surface area contributed by atoms with Gasteiger partial charge in [-0.3, -0.25) is 9.78 Å². The van der Waals surface area contributed by atoms with Gasteiger partial charge in [-0.2, -0.15) is 0 Å². The predicted octanol–water partition coefficient (Wildman–Crippen LogP) is 5.98. The summed E-state index contributed by atoms with van der Waals surface area (Å²) in [5.74, 6) is 0.259. The lowest BCUT2D eigenvalue weighted by Gasteiger charge is -2.46. The second kappa shape index (κ2) is 14.5. The van der Waals surface area contributed by atoms with E-state index in [1.54, 1.807) is 0 Å². The standard InChI is InChI=1S/C41H45BrN2O5Si2/c1-40(2,3)50(30-19-11-7-12-20-30,31-21-13-8-14-22-31)47-29-34-37(36(42)38(48-34)44-28-27-35(45)43-39(44)46)49-51(41(4,5)6,32-23-15-9-16-24-32)33-25-17-10-18-26-33/h7-28,34,37H,29H2,1-6H3,(H,43,45,46)/t34-,37-/m1/s1. The third-order valence-corrected chi connectivity index (χ3v) is 20.5. The SMILES string of the molecule is CC(C)(C)[Si](OC[C@H]1OC(n2ccc(=O)[nH]c2=O)=C(Br)[C@@H]1O[Si](c1ccccc1)(c1ccccc1)C(C)(C)C)(c1ccccc1)c1ccccc1. The van der Waals surface area contributed by atoms with Crippen LogP contribution < -0.4 is 32.0 Å². The van der Waals surface area contributed by atoms with Crippen LogP contribution in [0.2, 0.25) is 10.1 Å². The number of hydrogen-bond donors (Lipinski definition) is 1. The van der Waals surface area contributed by atoms with Gasteiger partial charge < -0.3 is 13.6 Å². The zero-order valence-corrected chi connectivity index (χ0v) is 33.5. The van der Waals surface area contributed by atoms with E-state index < -0.39 is 40.1 Å². The summed E-state index contributed by atoms with van der Waals surface area (Å²) in [7, 11) is -6.11. The molecule has 0 aliphatic carbocycles. The van der Waals surface area contributed by atoms with Crippen LogP contribution in [0.4, 0.5) is 0 Å². The Labute approximate surface area is 310 Å². The van der Waals surface area contributed by atoms with Crippen molar-refractivity contribution in [3.05, 3.63) is 159 Å². The molecule has 10 heteroatoms. The van der Waals surface area contributed by atoms with Crippen molar-refractivity contribution in [2.45, 2.75) is 63.8 Å². The molecular formula is C41H45BrN2O5Si2. The monoisotopic (exact) mass is 780 g/mol. The van der Waals surface area contributed by atoms with Gasteiger partial charge in [0.15, 0.2) is 6.10 Å². The van der Waals surface area contributed by atoms with Crippen molar-refractivity contribution in [3.8, 4) is 0 Å². The highest BCUT2D eigenvalue weighted by Gasteiger charge is 2.56. The molecule has 0 fully saturated rings. The quantitative estimate of drug-likeness (QED) is 0.177. The smallest absolute Gasteiger partial charge is 0.335 e. The molecule has 2 atom stereocenters. The van der Waals surface area contributed by atoms with Gasteiger partial charge in [-0.1, -0.05) is 163 Å². The second-order valence-corrected chi connectivity index (χ2v) is 24.4. The molecule has 5 aromatic rings. The number of hydrogen-bond acceptors (Lipinski definition) is 5. The lowest BCUT2D eigenvalue weighted by Crippen LogP contribution is -2.69. The molecular weight excluding hydrogens is 737 g/mol. The normalized spacial score (nSPS) is 17.0. The molecule has 0 spiro atoms. The van der Waals surface area contributed by atoms with Crippen molar-refractivity contribution in [1.82, 2.24) is 9.55 Å². The predicted molar refractivity (Wildman–Crippen MR) is 214 cm³/mol. The van der Waals surface area contributed by atoms with Gasteiger partial charge in [0, 0.05) is 12.3 Å². The highest BCUT2D eigenvalue weighted by Crippen LogP contribution is 2.44. The first-order valence-corrected chi connectivity index (χ1v) is 21.8. The average Bonchev–Trinajstić information content (AvgIpc) is 3.41. The molecule has 0 unspecified atom stereocenters. The molecule has 7 nitrogen and oxygen atoms in total. The van der Waals surface area contributed by atoms with Gasteiger partial charge in [-0.25, -0.2) is 9.36 Å². The molecule has 1 aliphatic heterocycles. The number of nitrogens with zero attached hydrogens (tertiary/aromatic N) is 1. The molecule has 1 N–H and O–H groups in total. The highest BCUT2D eigenvalue weighted by molar-refractivity contribution is 9.11. The summed E-state index contributed by atoms with van der Waals surface area (Å²) in [5, 5.41) is 3.93. The summed E-state index contributed by atoms with van der Waals surface area (Å²) in [6.07, 6.45) is 0.114. The minimum absolute atomic E-state index is 0.173. The Morgan fingerprint density at radius 2 is 1.08 bits per heavy atom. The highest BCUT2D eigenvalue weighted by atomic mass is 79.9. The average molecular weight is 782 g/mol. The first-order chi connectivity index (χ1) is 24.3. The fraction of sp³-hybridized carbons (Fsp3) is 0.268. The van der Waals surface area contributed by atoms with Crippen molar-refractivity contribution < 1.29 is 13.6 Å². The van der Waals surface area contributed by atoms with Crippen LogP contribution in [-0.4, -0.2) is 45.0 Å². The first-order valence-electron chi connectivity index (χ1n) is 17.2. The summed E-state index contributed by atoms with van der Waals surface area (Å²) in [6.45, 7) is 13.6. The fourth-order valence-corrected chi connectivity index (χ4v) is 17.5. The van der Waals surface area contributed by atoms with Crippen molar-refractivity contribution in [3.63, 3.8) is 0 Å². The third kappa shape index (κ3) is 6.83. The Morgan fingerprint density at radius 3 is 1.47 bits per heavy atom. The third-order valence-electron chi connectivity index (χ3n) is 9.70. The Hall–Kier alpha value is -4.07. The molecule has 4 aromatic carbocycles. The number of rotatable bonds is 10. The Balaban J connectivity index is 1.53. The van der Waals surface area contributed by atoms with Crippen molar-refractivity contribution in [2.75, 3.05) is 6.61 Å². The maximum Gasteiger partial charge on any atom is 0.335 e. The van der Waals surface area contributed by atoms with E-state index in [0.717, 1.165) is 20.7 Å². The van der Waals surface area contributed by atoms with E-state index >= 15 is 0 Å².